The van der Waals surface area contributed by atoms with Gasteiger partial charge in [0.25, 0.3) is 0 Å². The third-order valence-corrected chi connectivity index (χ3v) is 14.7. The first-order valence-corrected chi connectivity index (χ1v) is 18.2. The summed E-state index contributed by atoms with van der Waals surface area (Å²) in [6, 6.07) is 0. The van der Waals surface area contributed by atoms with Crippen molar-refractivity contribution in [2.45, 2.75) is 150 Å². The molecule has 26 heavy (non-hydrogen) atoms. The first-order valence-electron chi connectivity index (χ1n) is 12.2. The van der Waals surface area contributed by atoms with E-state index in [1.165, 1.54) is 96.3 Å². The standard InChI is InChI=1S/3C8H17.Li.Sn.H/c3*1-3-5-7-8-6-4-2;;;/h3*1,3-8H2,2H3;;;. The van der Waals surface area contributed by atoms with E-state index in [0.717, 1.165) is 0 Å². The predicted octanol–water partition coefficient (Wildman–Crippen LogP) is 8.91. The van der Waals surface area contributed by atoms with Crippen molar-refractivity contribution in [3.05, 3.63) is 0 Å². The Labute approximate surface area is 187 Å². The summed E-state index contributed by atoms with van der Waals surface area (Å²) in [4.78, 5) is 0. The van der Waals surface area contributed by atoms with Crippen molar-refractivity contribution in [3.63, 3.8) is 0 Å². The van der Waals surface area contributed by atoms with Crippen LogP contribution >= 0.6 is 0 Å². The van der Waals surface area contributed by atoms with Gasteiger partial charge in [-0.1, -0.05) is 0 Å². The van der Waals surface area contributed by atoms with Gasteiger partial charge in [0.05, 0.1) is 0 Å². The molecule has 2 heteroatoms. The summed E-state index contributed by atoms with van der Waals surface area (Å²) in [5.74, 6) is 0. The molecule has 0 fully saturated rings. The zero-order chi connectivity index (χ0) is 18.4. The average molecular weight is 466 g/mol. The molecule has 0 heterocycles. The molecule has 1 radical (unpaired) electrons. The van der Waals surface area contributed by atoms with Gasteiger partial charge in [0.2, 0.25) is 0 Å². The fourth-order valence-electron chi connectivity index (χ4n) is 3.84. The summed E-state index contributed by atoms with van der Waals surface area (Å²) >= 11 is -1.02. The van der Waals surface area contributed by atoms with Crippen LogP contribution in [-0.2, 0) is 0 Å². The van der Waals surface area contributed by atoms with E-state index in [1.807, 2.05) is 0 Å². The summed E-state index contributed by atoms with van der Waals surface area (Å²) in [7, 11) is 0. The second kappa shape index (κ2) is 26.4. The molecule has 0 bridgehead atoms. The van der Waals surface area contributed by atoms with E-state index in [4.69, 9.17) is 0 Å². The summed E-state index contributed by atoms with van der Waals surface area (Å²) in [5.41, 5.74) is 0. The third kappa shape index (κ3) is 23.4. The van der Waals surface area contributed by atoms with Crippen LogP contribution in [0.5, 0.6) is 0 Å². The third-order valence-electron chi connectivity index (χ3n) is 5.65. The maximum atomic E-state index is 2.33. The molecule has 0 atom stereocenters. The topological polar surface area (TPSA) is 0 Å². The minimum absolute atomic E-state index is 0. The Kier molecular flexibility index (Phi) is 30.0. The number of unbranched alkanes of at least 4 members (excludes halogenated alkanes) is 15. The molecule has 0 unspecified atom stereocenters. The van der Waals surface area contributed by atoms with Gasteiger partial charge in [-0.3, -0.25) is 0 Å². The Morgan fingerprint density at radius 2 is 0.577 bits per heavy atom. The van der Waals surface area contributed by atoms with Crippen molar-refractivity contribution >= 4 is 38.6 Å². The first kappa shape index (κ1) is 29.6. The van der Waals surface area contributed by atoms with E-state index in [9.17, 15) is 0 Å². The number of hydrogen-bond donors (Lipinski definition) is 0. The fraction of sp³-hybridized carbons (Fsp3) is 1.00. The first-order chi connectivity index (χ1) is 12.3. The van der Waals surface area contributed by atoms with Crippen LogP contribution in [0.3, 0.4) is 0 Å². The van der Waals surface area contributed by atoms with Crippen LogP contribution < -0.4 is 0 Å². The van der Waals surface area contributed by atoms with Crippen LogP contribution in [0.2, 0.25) is 13.3 Å². The van der Waals surface area contributed by atoms with Crippen molar-refractivity contribution in [1.82, 2.24) is 0 Å². The second-order valence-corrected chi connectivity index (χ2v) is 16.9. The summed E-state index contributed by atoms with van der Waals surface area (Å²) < 4.78 is 5.16. The van der Waals surface area contributed by atoms with Crippen LogP contribution in [0.15, 0.2) is 0 Å². The molecule has 0 N–H and O–H groups in total. The zero-order valence-electron chi connectivity index (χ0n) is 18.3. The van der Waals surface area contributed by atoms with Crippen molar-refractivity contribution in [2.24, 2.45) is 0 Å². The van der Waals surface area contributed by atoms with Gasteiger partial charge in [-0.25, -0.2) is 0 Å². The van der Waals surface area contributed by atoms with E-state index < -0.39 is 19.8 Å². The molecular formula is C24H52LiSn. The van der Waals surface area contributed by atoms with Gasteiger partial charge in [0.1, 0.15) is 0 Å². The van der Waals surface area contributed by atoms with Gasteiger partial charge in [-0.05, 0) is 0 Å². The van der Waals surface area contributed by atoms with Crippen molar-refractivity contribution in [3.8, 4) is 0 Å². The van der Waals surface area contributed by atoms with E-state index in [-0.39, 0.29) is 18.9 Å². The van der Waals surface area contributed by atoms with Crippen molar-refractivity contribution < 1.29 is 0 Å². The maximum absolute atomic E-state index is 2.33. The monoisotopic (exact) mass is 467 g/mol. The molecular weight excluding hydrogens is 414 g/mol. The van der Waals surface area contributed by atoms with Crippen LogP contribution in [-0.4, -0.2) is 38.6 Å². The Bertz CT molecular complexity index is 194. The van der Waals surface area contributed by atoms with Gasteiger partial charge in [-0.15, -0.1) is 0 Å². The molecule has 0 aromatic heterocycles. The Morgan fingerprint density at radius 3 is 0.846 bits per heavy atom. The molecule has 0 aromatic carbocycles. The van der Waals surface area contributed by atoms with Gasteiger partial charge in [-0.2, -0.15) is 0 Å². The molecule has 0 aliphatic carbocycles. The van der Waals surface area contributed by atoms with Gasteiger partial charge >= 0.3 is 188 Å². The Balaban J connectivity index is 0. The minimum atomic E-state index is -1.02. The van der Waals surface area contributed by atoms with Crippen molar-refractivity contribution in [1.29, 1.82) is 0 Å². The van der Waals surface area contributed by atoms with Gasteiger partial charge in [0, 0.05) is 0 Å². The SMILES string of the molecule is CCCCCCC[CH2][Sn]([CH2]CCCCCCC)[CH2]CCCCCCC.[LiH]. The average Bonchev–Trinajstić information content (AvgIpc) is 2.63. The molecule has 0 amide bonds. The number of rotatable bonds is 21. The molecule has 0 saturated heterocycles. The predicted molar refractivity (Wildman–Crippen MR) is 127 cm³/mol. The van der Waals surface area contributed by atoms with E-state index in [0.29, 0.717) is 0 Å². The Morgan fingerprint density at radius 1 is 0.346 bits per heavy atom. The molecule has 0 aromatic rings. The molecule has 0 spiro atoms. The van der Waals surface area contributed by atoms with Gasteiger partial charge in [0.15, 0.2) is 0 Å². The fourth-order valence-corrected chi connectivity index (χ4v) is 12.4. The summed E-state index contributed by atoms with van der Waals surface area (Å²) in [6.45, 7) is 6.98. The zero-order valence-corrected chi connectivity index (χ0v) is 21.2. The molecule has 0 aliphatic heterocycles. The second-order valence-electron chi connectivity index (χ2n) is 8.30. The summed E-state index contributed by atoms with van der Waals surface area (Å²) in [5, 5.41) is 0. The molecule has 0 nitrogen and oxygen atoms in total. The molecule has 0 aliphatic rings. The quantitative estimate of drug-likeness (QED) is 0.117. The van der Waals surface area contributed by atoms with Gasteiger partial charge < -0.3 is 0 Å². The molecule has 153 valence electrons. The van der Waals surface area contributed by atoms with E-state index >= 15 is 0 Å². The van der Waals surface area contributed by atoms with E-state index in [2.05, 4.69) is 20.8 Å². The molecule has 0 saturated carbocycles. The Hall–Kier alpha value is 1.40. The number of hydrogen-bond acceptors (Lipinski definition) is 0. The van der Waals surface area contributed by atoms with Crippen molar-refractivity contribution in [2.75, 3.05) is 0 Å². The molecule has 0 rings (SSSR count). The summed E-state index contributed by atoms with van der Waals surface area (Å²) in [6.07, 6.45) is 26.9. The van der Waals surface area contributed by atoms with Crippen LogP contribution in [0.4, 0.5) is 0 Å². The van der Waals surface area contributed by atoms with Crippen LogP contribution in [0.25, 0.3) is 0 Å². The van der Waals surface area contributed by atoms with Crippen LogP contribution in [0, 0.1) is 0 Å². The van der Waals surface area contributed by atoms with Crippen LogP contribution in [0.1, 0.15) is 136 Å². The normalized spacial score (nSPS) is 11.1. The van der Waals surface area contributed by atoms with E-state index in [1.54, 1.807) is 32.6 Å².